The molecule has 2 heterocycles. The van der Waals surface area contributed by atoms with Crippen LogP contribution < -0.4 is 0 Å². The number of hydrogen-bond donors (Lipinski definition) is 0. The fourth-order valence-corrected chi connectivity index (χ4v) is 5.45. The molecule has 27 heavy (non-hydrogen) atoms. The van der Waals surface area contributed by atoms with Gasteiger partial charge < -0.3 is 14.2 Å². The maximum Gasteiger partial charge on any atom is 0.233 e. The molecule has 1 aliphatic heterocycles. The molecule has 1 aliphatic rings. The second-order valence-corrected chi connectivity index (χ2v) is 9.36. The van der Waals surface area contributed by atoms with Gasteiger partial charge in [0.2, 0.25) is 5.91 Å². The number of benzene rings is 1. The molecule has 0 saturated carbocycles. The first-order valence-electron chi connectivity index (χ1n) is 9.30. The van der Waals surface area contributed by atoms with Crippen LogP contribution in [-0.4, -0.2) is 53.2 Å². The molecule has 0 spiro atoms. The first-order chi connectivity index (χ1) is 13.0. The maximum absolute atomic E-state index is 12.4. The summed E-state index contributed by atoms with van der Waals surface area (Å²) in [7, 11) is 4.07. The van der Waals surface area contributed by atoms with E-state index in [0.717, 1.165) is 36.1 Å². The zero-order valence-electron chi connectivity index (χ0n) is 16.3. The lowest BCUT2D eigenvalue weighted by molar-refractivity contribution is -0.127. The number of hydrogen-bond acceptors (Lipinski definition) is 5. The van der Waals surface area contributed by atoms with Crippen molar-refractivity contribution in [2.24, 2.45) is 0 Å². The van der Waals surface area contributed by atoms with E-state index in [1.165, 1.54) is 5.56 Å². The highest BCUT2D eigenvalue weighted by Gasteiger charge is 2.35. The molecule has 4 nitrogen and oxygen atoms in total. The van der Waals surface area contributed by atoms with Crippen LogP contribution in [0.1, 0.15) is 29.9 Å². The zero-order valence-corrected chi connectivity index (χ0v) is 17.9. The summed E-state index contributed by atoms with van der Waals surface area (Å²) in [5.41, 5.74) is 1.30. The van der Waals surface area contributed by atoms with Gasteiger partial charge in [-0.1, -0.05) is 37.3 Å². The molecule has 0 aliphatic carbocycles. The Kier molecular flexibility index (Phi) is 7.33. The lowest BCUT2D eigenvalue weighted by Crippen LogP contribution is -2.37. The fraction of sp³-hybridized carbons (Fsp3) is 0.476. The van der Waals surface area contributed by atoms with E-state index in [1.807, 2.05) is 38.0 Å². The average molecular weight is 405 g/mol. The molecular formula is C21H28N2O2S2. The van der Waals surface area contributed by atoms with Crippen molar-refractivity contribution in [1.82, 2.24) is 9.80 Å². The fourth-order valence-electron chi connectivity index (χ4n) is 3.29. The quantitative estimate of drug-likeness (QED) is 0.583. The van der Waals surface area contributed by atoms with E-state index < -0.39 is 0 Å². The molecule has 1 aromatic heterocycles. The number of rotatable bonds is 9. The van der Waals surface area contributed by atoms with Crippen molar-refractivity contribution in [3.8, 4) is 0 Å². The number of carbonyl (C=O) groups excluding carboxylic acids is 1. The van der Waals surface area contributed by atoms with Gasteiger partial charge in [0.1, 0.15) is 11.5 Å². The zero-order chi connectivity index (χ0) is 19.2. The molecule has 1 fully saturated rings. The van der Waals surface area contributed by atoms with Crippen LogP contribution >= 0.6 is 23.5 Å². The Morgan fingerprint density at radius 3 is 2.70 bits per heavy atom. The van der Waals surface area contributed by atoms with Gasteiger partial charge in [0.25, 0.3) is 0 Å². The molecule has 1 amide bonds. The smallest absolute Gasteiger partial charge is 0.233 e. The minimum absolute atomic E-state index is 0.232. The van der Waals surface area contributed by atoms with Gasteiger partial charge in [-0.05, 0) is 31.8 Å². The first-order valence-corrected chi connectivity index (χ1v) is 11.5. The summed E-state index contributed by atoms with van der Waals surface area (Å²) >= 11 is 3.60. The Hall–Kier alpha value is -1.37. The van der Waals surface area contributed by atoms with Crippen LogP contribution in [0.3, 0.4) is 0 Å². The molecule has 1 saturated heterocycles. The number of carbonyl (C=O) groups is 1. The summed E-state index contributed by atoms with van der Waals surface area (Å²) < 4.78 is 5.86. The van der Waals surface area contributed by atoms with E-state index in [9.17, 15) is 4.79 Å². The lowest BCUT2D eigenvalue weighted by atomic mass is 10.0. The molecule has 6 heteroatoms. The van der Waals surface area contributed by atoms with Gasteiger partial charge in [0, 0.05) is 18.2 Å². The molecule has 0 bridgehead atoms. The van der Waals surface area contributed by atoms with E-state index in [-0.39, 0.29) is 11.3 Å². The minimum Gasteiger partial charge on any atom is -0.464 e. The molecule has 0 N–H and O–H groups in total. The third kappa shape index (κ3) is 5.56. The Bertz CT molecular complexity index is 733. The van der Waals surface area contributed by atoms with Crippen molar-refractivity contribution in [3.05, 3.63) is 59.5 Å². The highest BCUT2D eigenvalue weighted by atomic mass is 32.2. The summed E-state index contributed by atoms with van der Waals surface area (Å²) in [6.45, 7) is 3.84. The van der Waals surface area contributed by atoms with Gasteiger partial charge >= 0.3 is 0 Å². The topological polar surface area (TPSA) is 36.7 Å². The van der Waals surface area contributed by atoms with Crippen LogP contribution in [-0.2, 0) is 17.1 Å². The van der Waals surface area contributed by atoms with Crippen molar-refractivity contribution >= 4 is 29.4 Å². The standard InChI is InChI=1S/C21H28N2O2S2/c1-16(17-7-5-4-6-8-17)21-23(20(24)15-27-21)11-12-26-14-19-10-9-18(25-19)13-22(2)3/h4-10,16,21H,11-15H2,1-3H3. The number of amides is 1. The molecule has 3 rings (SSSR count). The summed E-state index contributed by atoms with van der Waals surface area (Å²) in [5, 5.41) is 0.232. The predicted molar refractivity (Wildman–Crippen MR) is 115 cm³/mol. The monoisotopic (exact) mass is 404 g/mol. The largest absolute Gasteiger partial charge is 0.464 e. The summed E-state index contributed by atoms with van der Waals surface area (Å²) in [5.74, 6) is 4.98. The van der Waals surface area contributed by atoms with Crippen LogP contribution in [0.25, 0.3) is 0 Å². The van der Waals surface area contributed by atoms with Crippen LogP contribution in [0.4, 0.5) is 0 Å². The summed E-state index contributed by atoms with van der Waals surface area (Å²) in [4.78, 5) is 16.5. The minimum atomic E-state index is 0.232. The highest BCUT2D eigenvalue weighted by Crippen LogP contribution is 2.36. The molecular weight excluding hydrogens is 376 g/mol. The molecule has 2 atom stereocenters. The summed E-state index contributed by atoms with van der Waals surface area (Å²) in [6.07, 6.45) is 0. The molecule has 2 unspecified atom stereocenters. The van der Waals surface area contributed by atoms with Gasteiger partial charge in [-0.25, -0.2) is 0 Å². The van der Waals surface area contributed by atoms with Crippen molar-refractivity contribution in [3.63, 3.8) is 0 Å². The maximum atomic E-state index is 12.4. The van der Waals surface area contributed by atoms with Gasteiger partial charge in [0.15, 0.2) is 0 Å². The number of thioether (sulfide) groups is 2. The van der Waals surface area contributed by atoms with Gasteiger partial charge in [-0.3, -0.25) is 4.79 Å². The van der Waals surface area contributed by atoms with E-state index in [2.05, 4.69) is 47.1 Å². The van der Waals surface area contributed by atoms with Crippen LogP contribution in [0.2, 0.25) is 0 Å². The molecule has 0 radical (unpaired) electrons. The third-order valence-corrected chi connectivity index (χ3v) is 7.05. The average Bonchev–Trinajstić information content (AvgIpc) is 3.25. The van der Waals surface area contributed by atoms with Gasteiger partial charge in [-0.15, -0.1) is 11.8 Å². The van der Waals surface area contributed by atoms with Gasteiger partial charge in [-0.2, -0.15) is 11.8 Å². The second kappa shape index (κ2) is 9.71. The second-order valence-electron chi connectivity index (χ2n) is 7.15. The van der Waals surface area contributed by atoms with Crippen LogP contribution in [0.5, 0.6) is 0 Å². The molecule has 1 aromatic carbocycles. The Labute approximate surface area is 170 Å². The lowest BCUT2D eigenvalue weighted by Gasteiger charge is -2.29. The predicted octanol–water partition coefficient (Wildman–Crippen LogP) is 4.28. The van der Waals surface area contributed by atoms with E-state index in [0.29, 0.717) is 11.7 Å². The van der Waals surface area contributed by atoms with E-state index in [4.69, 9.17) is 4.42 Å². The van der Waals surface area contributed by atoms with Crippen molar-refractivity contribution in [2.45, 2.75) is 30.5 Å². The normalized spacial score (nSPS) is 18.4. The van der Waals surface area contributed by atoms with Crippen molar-refractivity contribution in [1.29, 1.82) is 0 Å². The van der Waals surface area contributed by atoms with E-state index >= 15 is 0 Å². The van der Waals surface area contributed by atoms with E-state index in [1.54, 1.807) is 11.8 Å². The Morgan fingerprint density at radius 2 is 1.96 bits per heavy atom. The van der Waals surface area contributed by atoms with Crippen LogP contribution in [0, 0.1) is 0 Å². The van der Waals surface area contributed by atoms with Crippen molar-refractivity contribution < 1.29 is 9.21 Å². The van der Waals surface area contributed by atoms with Crippen LogP contribution in [0.15, 0.2) is 46.9 Å². The number of nitrogens with zero attached hydrogens (tertiary/aromatic N) is 2. The Morgan fingerprint density at radius 1 is 1.22 bits per heavy atom. The number of furan rings is 1. The highest BCUT2D eigenvalue weighted by molar-refractivity contribution is 8.01. The third-order valence-electron chi connectivity index (χ3n) is 4.67. The van der Waals surface area contributed by atoms with Crippen molar-refractivity contribution in [2.75, 3.05) is 32.1 Å². The Balaban J connectivity index is 1.48. The molecule has 2 aromatic rings. The SMILES string of the molecule is CC(c1ccccc1)C1SCC(=O)N1CCSCc1ccc(CN(C)C)o1. The summed E-state index contributed by atoms with van der Waals surface area (Å²) in [6, 6.07) is 14.6. The van der Waals surface area contributed by atoms with Gasteiger partial charge in [0.05, 0.1) is 23.4 Å². The molecule has 146 valence electrons. The first kappa shape index (κ1) is 20.4.